The number of amides is 1. The Balaban J connectivity index is 2.77. The molecule has 0 saturated carbocycles. The lowest BCUT2D eigenvalue weighted by Gasteiger charge is -2.30. The molecule has 0 aliphatic carbocycles. The Morgan fingerprint density at radius 3 is 2.25 bits per heavy atom. The molecule has 1 rings (SSSR count). The largest absolute Gasteiger partial charge is 0.394 e. The molecule has 2 N–H and O–H groups in total. The van der Waals surface area contributed by atoms with Crippen LogP contribution in [0.25, 0.3) is 6.08 Å². The van der Waals surface area contributed by atoms with Crippen LogP contribution in [-0.4, -0.2) is 23.2 Å². The first kappa shape index (κ1) is 17.0. The van der Waals surface area contributed by atoms with Gasteiger partial charge < -0.3 is 10.4 Å². The van der Waals surface area contributed by atoms with E-state index in [0.29, 0.717) is 22.9 Å². The molecule has 0 unspecified atom stereocenters. The lowest BCUT2D eigenvalue weighted by molar-refractivity contribution is -0.119. The van der Waals surface area contributed by atoms with E-state index in [9.17, 15) is 9.90 Å². The summed E-state index contributed by atoms with van der Waals surface area (Å²) < 4.78 is 0. The smallest absolute Gasteiger partial charge is 0.244 e. The van der Waals surface area contributed by atoms with Crippen molar-refractivity contribution in [2.24, 2.45) is 0 Å². The van der Waals surface area contributed by atoms with E-state index in [1.165, 1.54) is 6.08 Å². The predicted octanol–water partition coefficient (Wildman–Crippen LogP) is 3.67. The highest BCUT2D eigenvalue weighted by Gasteiger charge is 2.26. The standard InChI is InChI=1S/C15H19Cl2NO2/c1-3-15(4-2,10-19)18-14(20)6-5-11-7-12(16)9-13(17)8-11/h5-9,19H,3-4,10H2,1-2H3,(H,18,20). The maximum absolute atomic E-state index is 11.9. The third-order valence-corrected chi connectivity index (χ3v) is 3.79. The Kier molecular flexibility index (Phi) is 6.53. The predicted molar refractivity (Wildman–Crippen MR) is 84.0 cm³/mol. The van der Waals surface area contributed by atoms with Crippen molar-refractivity contribution in [1.29, 1.82) is 0 Å². The summed E-state index contributed by atoms with van der Waals surface area (Å²) in [5, 5.41) is 13.3. The second-order valence-corrected chi connectivity index (χ2v) is 5.54. The van der Waals surface area contributed by atoms with E-state index in [0.717, 1.165) is 5.56 Å². The van der Waals surface area contributed by atoms with E-state index < -0.39 is 5.54 Å². The van der Waals surface area contributed by atoms with Gasteiger partial charge in [-0.15, -0.1) is 0 Å². The van der Waals surface area contributed by atoms with Gasteiger partial charge in [0.2, 0.25) is 5.91 Å². The molecule has 0 spiro atoms. The summed E-state index contributed by atoms with van der Waals surface area (Å²) in [6, 6.07) is 5.07. The minimum absolute atomic E-state index is 0.0808. The van der Waals surface area contributed by atoms with Crippen molar-refractivity contribution >= 4 is 35.2 Å². The van der Waals surface area contributed by atoms with Crippen LogP contribution in [0.15, 0.2) is 24.3 Å². The number of halogens is 2. The summed E-state index contributed by atoms with van der Waals surface area (Å²) >= 11 is 11.8. The maximum atomic E-state index is 11.9. The van der Waals surface area contributed by atoms with Crippen molar-refractivity contribution in [2.75, 3.05) is 6.61 Å². The van der Waals surface area contributed by atoms with Gasteiger partial charge in [-0.2, -0.15) is 0 Å². The number of nitrogens with one attached hydrogen (secondary N) is 1. The Labute approximate surface area is 129 Å². The first-order chi connectivity index (χ1) is 9.44. The highest BCUT2D eigenvalue weighted by atomic mass is 35.5. The van der Waals surface area contributed by atoms with Crippen molar-refractivity contribution < 1.29 is 9.90 Å². The Bertz CT molecular complexity index is 468. The zero-order valence-corrected chi connectivity index (χ0v) is 13.1. The summed E-state index contributed by atoms with van der Waals surface area (Å²) in [5.41, 5.74) is 0.188. The van der Waals surface area contributed by atoms with Gasteiger partial charge >= 0.3 is 0 Å². The molecule has 110 valence electrons. The average Bonchev–Trinajstić information content (AvgIpc) is 2.42. The van der Waals surface area contributed by atoms with Crippen LogP contribution in [0.3, 0.4) is 0 Å². The quantitative estimate of drug-likeness (QED) is 0.787. The summed E-state index contributed by atoms with van der Waals surface area (Å²) in [6.07, 6.45) is 4.39. The molecule has 3 nitrogen and oxygen atoms in total. The van der Waals surface area contributed by atoms with Gasteiger partial charge in [-0.3, -0.25) is 4.79 Å². The third kappa shape index (κ3) is 4.82. The molecule has 0 aromatic heterocycles. The van der Waals surface area contributed by atoms with Crippen molar-refractivity contribution in [1.82, 2.24) is 5.32 Å². The number of hydrogen-bond acceptors (Lipinski definition) is 2. The number of rotatable bonds is 6. The molecule has 0 saturated heterocycles. The van der Waals surface area contributed by atoms with Crippen molar-refractivity contribution in [2.45, 2.75) is 32.2 Å². The van der Waals surface area contributed by atoms with Gasteiger partial charge in [-0.1, -0.05) is 37.0 Å². The molecule has 0 aliphatic heterocycles. The molecule has 0 aliphatic rings. The first-order valence-electron chi connectivity index (χ1n) is 6.52. The van der Waals surface area contributed by atoms with E-state index in [4.69, 9.17) is 23.2 Å². The fourth-order valence-electron chi connectivity index (χ4n) is 1.84. The minimum atomic E-state index is -0.562. The van der Waals surface area contributed by atoms with Gasteiger partial charge in [0.1, 0.15) is 0 Å². The summed E-state index contributed by atoms with van der Waals surface area (Å²) in [4.78, 5) is 11.9. The van der Waals surface area contributed by atoms with Gasteiger partial charge in [0.05, 0.1) is 12.1 Å². The Morgan fingerprint density at radius 1 is 1.25 bits per heavy atom. The molecular weight excluding hydrogens is 297 g/mol. The van der Waals surface area contributed by atoms with E-state index in [1.807, 2.05) is 13.8 Å². The first-order valence-corrected chi connectivity index (χ1v) is 7.27. The number of hydrogen-bond donors (Lipinski definition) is 2. The lowest BCUT2D eigenvalue weighted by atomic mass is 9.94. The fraction of sp³-hybridized carbons (Fsp3) is 0.400. The van der Waals surface area contributed by atoms with Crippen LogP contribution in [0.5, 0.6) is 0 Å². The number of carbonyl (C=O) groups excluding carboxylic acids is 1. The van der Waals surface area contributed by atoms with Crippen LogP contribution >= 0.6 is 23.2 Å². The van der Waals surface area contributed by atoms with Crippen LogP contribution in [0.4, 0.5) is 0 Å². The number of carbonyl (C=O) groups is 1. The van der Waals surface area contributed by atoms with Crippen molar-refractivity contribution in [3.63, 3.8) is 0 Å². The molecule has 1 aromatic carbocycles. The topological polar surface area (TPSA) is 49.3 Å². The molecular formula is C15H19Cl2NO2. The van der Waals surface area contributed by atoms with Crippen LogP contribution in [0.1, 0.15) is 32.3 Å². The Hall–Kier alpha value is -1.03. The average molecular weight is 316 g/mol. The highest BCUT2D eigenvalue weighted by Crippen LogP contribution is 2.20. The second kappa shape index (κ2) is 7.67. The summed E-state index contributed by atoms with van der Waals surface area (Å²) in [6.45, 7) is 3.78. The molecule has 0 radical (unpaired) electrons. The summed E-state index contributed by atoms with van der Waals surface area (Å²) in [5.74, 6) is -0.251. The zero-order chi connectivity index (χ0) is 15.2. The second-order valence-electron chi connectivity index (χ2n) is 4.67. The molecule has 0 bridgehead atoms. The SMILES string of the molecule is CCC(CC)(CO)NC(=O)C=Cc1cc(Cl)cc(Cl)c1. The molecule has 0 fully saturated rings. The normalized spacial score (nSPS) is 11.8. The van der Waals surface area contributed by atoms with Gasteiger partial charge in [-0.25, -0.2) is 0 Å². The maximum Gasteiger partial charge on any atom is 0.244 e. The highest BCUT2D eigenvalue weighted by molar-refractivity contribution is 6.34. The lowest BCUT2D eigenvalue weighted by Crippen LogP contribution is -2.49. The minimum Gasteiger partial charge on any atom is -0.394 e. The van der Waals surface area contributed by atoms with Crippen LogP contribution in [0, 0.1) is 0 Å². The van der Waals surface area contributed by atoms with E-state index in [-0.39, 0.29) is 12.5 Å². The van der Waals surface area contributed by atoms with Gasteiger partial charge in [-0.05, 0) is 42.7 Å². The van der Waals surface area contributed by atoms with Crippen LogP contribution in [-0.2, 0) is 4.79 Å². The third-order valence-electron chi connectivity index (χ3n) is 3.36. The van der Waals surface area contributed by atoms with Crippen molar-refractivity contribution in [3.8, 4) is 0 Å². The van der Waals surface area contributed by atoms with Gasteiger partial charge in [0.15, 0.2) is 0 Å². The van der Waals surface area contributed by atoms with E-state index in [1.54, 1.807) is 24.3 Å². The van der Waals surface area contributed by atoms with Gasteiger partial charge in [0.25, 0.3) is 0 Å². The Morgan fingerprint density at radius 2 is 1.80 bits per heavy atom. The van der Waals surface area contributed by atoms with E-state index >= 15 is 0 Å². The fourth-order valence-corrected chi connectivity index (χ4v) is 2.38. The molecule has 0 atom stereocenters. The molecule has 20 heavy (non-hydrogen) atoms. The number of benzene rings is 1. The van der Waals surface area contributed by atoms with Crippen LogP contribution in [0.2, 0.25) is 10.0 Å². The van der Waals surface area contributed by atoms with E-state index in [2.05, 4.69) is 5.32 Å². The zero-order valence-electron chi connectivity index (χ0n) is 11.6. The molecule has 1 aromatic rings. The monoisotopic (exact) mass is 315 g/mol. The van der Waals surface area contributed by atoms with Crippen molar-refractivity contribution in [3.05, 3.63) is 39.9 Å². The van der Waals surface area contributed by atoms with Gasteiger partial charge in [0, 0.05) is 16.1 Å². The number of aliphatic hydroxyl groups is 1. The summed E-state index contributed by atoms with van der Waals surface area (Å²) in [7, 11) is 0. The molecule has 5 heteroatoms. The molecule has 0 heterocycles. The number of aliphatic hydroxyl groups excluding tert-OH is 1. The molecule has 1 amide bonds. The van der Waals surface area contributed by atoms with Crippen LogP contribution < -0.4 is 5.32 Å².